The number of likely N-dealkylation sites (N-methyl/N-ethyl adjacent to an activating group) is 1. The quantitative estimate of drug-likeness (QED) is 0.888. The van der Waals surface area contributed by atoms with E-state index in [0.29, 0.717) is 0 Å². The summed E-state index contributed by atoms with van der Waals surface area (Å²) in [6.07, 6.45) is 0.982. The highest BCUT2D eigenvalue weighted by Gasteiger charge is 2.17. The second-order valence-electron chi connectivity index (χ2n) is 4.82. The molecule has 0 radical (unpaired) electrons. The molecule has 0 atom stereocenters. The standard InChI is InChI=1S/C14H20FN3O/c1-17(13-5-2-4-12(15)10-13)11-14(19)18-8-3-6-16-7-9-18/h2,4-5,10,16H,3,6-9,11H2,1H3. The first-order valence-electron chi connectivity index (χ1n) is 6.62. The van der Waals surface area contributed by atoms with Gasteiger partial charge in [0.25, 0.3) is 0 Å². The van der Waals surface area contributed by atoms with Crippen LogP contribution in [0.1, 0.15) is 6.42 Å². The van der Waals surface area contributed by atoms with Gasteiger partial charge in [-0.25, -0.2) is 4.39 Å². The summed E-state index contributed by atoms with van der Waals surface area (Å²) in [6, 6.07) is 6.30. The highest BCUT2D eigenvalue weighted by Crippen LogP contribution is 2.13. The van der Waals surface area contributed by atoms with Crippen molar-refractivity contribution < 1.29 is 9.18 Å². The monoisotopic (exact) mass is 265 g/mol. The molecular formula is C14H20FN3O. The Labute approximate surface area is 113 Å². The van der Waals surface area contributed by atoms with E-state index in [4.69, 9.17) is 0 Å². The molecule has 1 aliphatic heterocycles. The zero-order valence-corrected chi connectivity index (χ0v) is 11.2. The van der Waals surface area contributed by atoms with Crippen LogP contribution in [0.2, 0.25) is 0 Å². The fraction of sp³-hybridized carbons (Fsp3) is 0.500. The Hall–Kier alpha value is -1.62. The predicted molar refractivity (Wildman–Crippen MR) is 73.7 cm³/mol. The molecule has 1 aliphatic rings. The van der Waals surface area contributed by atoms with Gasteiger partial charge in [-0.15, -0.1) is 0 Å². The average molecular weight is 265 g/mol. The summed E-state index contributed by atoms with van der Waals surface area (Å²) in [5.74, 6) is -0.189. The van der Waals surface area contributed by atoms with Crippen LogP contribution in [0.5, 0.6) is 0 Å². The van der Waals surface area contributed by atoms with Crippen LogP contribution >= 0.6 is 0 Å². The van der Waals surface area contributed by atoms with Gasteiger partial charge in [-0.05, 0) is 31.2 Å². The molecule has 0 bridgehead atoms. The van der Waals surface area contributed by atoms with Gasteiger partial charge < -0.3 is 15.1 Å². The minimum absolute atomic E-state index is 0.0930. The Morgan fingerprint density at radius 3 is 3.05 bits per heavy atom. The van der Waals surface area contributed by atoms with E-state index in [9.17, 15) is 9.18 Å². The van der Waals surface area contributed by atoms with Crippen molar-refractivity contribution in [1.82, 2.24) is 10.2 Å². The number of hydrogen-bond donors (Lipinski definition) is 1. The predicted octanol–water partition coefficient (Wildman–Crippen LogP) is 1.08. The molecule has 5 heteroatoms. The molecule has 0 saturated carbocycles. The van der Waals surface area contributed by atoms with E-state index in [2.05, 4.69) is 5.32 Å². The van der Waals surface area contributed by atoms with Crippen LogP contribution < -0.4 is 10.2 Å². The first-order valence-corrected chi connectivity index (χ1v) is 6.62. The van der Waals surface area contributed by atoms with E-state index in [0.717, 1.165) is 38.3 Å². The number of carbonyl (C=O) groups is 1. The molecule has 1 amide bonds. The Bertz CT molecular complexity index is 430. The third-order valence-corrected chi connectivity index (χ3v) is 3.31. The summed E-state index contributed by atoms with van der Waals surface area (Å²) in [6.45, 7) is 3.63. The maximum Gasteiger partial charge on any atom is 0.242 e. The molecule has 1 aromatic rings. The van der Waals surface area contributed by atoms with Gasteiger partial charge in [0.15, 0.2) is 0 Å². The van der Waals surface area contributed by atoms with Gasteiger partial charge in [-0.2, -0.15) is 0 Å². The van der Waals surface area contributed by atoms with Crippen LogP contribution in [0.15, 0.2) is 24.3 Å². The fourth-order valence-electron chi connectivity index (χ4n) is 2.20. The molecule has 0 unspecified atom stereocenters. The first kappa shape index (κ1) is 13.8. The van der Waals surface area contributed by atoms with Crippen molar-refractivity contribution >= 4 is 11.6 Å². The Morgan fingerprint density at radius 2 is 2.26 bits per heavy atom. The molecule has 1 fully saturated rings. The molecular weight excluding hydrogens is 245 g/mol. The minimum Gasteiger partial charge on any atom is -0.365 e. The molecule has 0 aromatic heterocycles. The van der Waals surface area contributed by atoms with Crippen LogP contribution in [0, 0.1) is 5.82 Å². The first-order chi connectivity index (χ1) is 9.16. The van der Waals surface area contributed by atoms with Crippen LogP contribution in [0.3, 0.4) is 0 Å². The maximum absolute atomic E-state index is 13.1. The number of amides is 1. The number of nitrogens with zero attached hydrogens (tertiary/aromatic N) is 2. The summed E-state index contributed by atoms with van der Waals surface area (Å²) in [5.41, 5.74) is 0.723. The van der Waals surface area contributed by atoms with Gasteiger partial charge in [-0.1, -0.05) is 6.07 Å². The fourth-order valence-corrected chi connectivity index (χ4v) is 2.20. The van der Waals surface area contributed by atoms with E-state index in [1.807, 2.05) is 11.9 Å². The van der Waals surface area contributed by atoms with Crippen molar-refractivity contribution in [3.8, 4) is 0 Å². The summed E-state index contributed by atoms with van der Waals surface area (Å²) < 4.78 is 13.1. The topological polar surface area (TPSA) is 35.6 Å². The van der Waals surface area contributed by atoms with Crippen molar-refractivity contribution in [2.75, 3.05) is 44.7 Å². The largest absolute Gasteiger partial charge is 0.365 e. The zero-order valence-electron chi connectivity index (χ0n) is 11.2. The normalized spacial score (nSPS) is 16.0. The number of halogens is 1. The lowest BCUT2D eigenvalue weighted by Gasteiger charge is -2.25. The molecule has 1 heterocycles. The van der Waals surface area contributed by atoms with Crippen molar-refractivity contribution in [3.63, 3.8) is 0 Å². The Balaban J connectivity index is 1.94. The molecule has 1 aromatic carbocycles. The summed E-state index contributed by atoms with van der Waals surface area (Å²) >= 11 is 0. The van der Waals surface area contributed by atoms with Crippen LogP contribution in [0.25, 0.3) is 0 Å². The molecule has 4 nitrogen and oxygen atoms in total. The lowest BCUT2D eigenvalue weighted by Crippen LogP contribution is -2.40. The summed E-state index contributed by atoms with van der Waals surface area (Å²) in [5, 5.41) is 3.27. The van der Waals surface area contributed by atoms with Gasteiger partial charge in [0.05, 0.1) is 6.54 Å². The lowest BCUT2D eigenvalue weighted by atomic mass is 10.3. The van der Waals surface area contributed by atoms with Crippen molar-refractivity contribution in [2.45, 2.75) is 6.42 Å². The van der Waals surface area contributed by atoms with Crippen molar-refractivity contribution in [1.29, 1.82) is 0 Å². The Morgan fingerprint density at radius 1 is 1.42 bits per heavy atom. The number of carbonyl (C=O) groups excluding carboxylic acids is 1. The molecule has 1 N–H and O–H groups in total. The van der Waals surface area contributed by atoms with Gasteiger partial charge in [0, 0.05) is 32.4 Å². The third kappa shape index (κ3) is 3.92. The van der Waals surface area contributed by atoms with Gasteiger partial charge in [-0.3, -0.25) is 4.79 Å². The molecule has 104 valence electrons. The van der Waals surface area contributed by atoms with E-state index >= 15 is 0 Å². The number of nitrogens with one attached hydrogen (secondary N) is 1. The lowest BCUT2D eigenvalue weighted by molar-refractivity contribution is -0.129. The molecule has 0 spiro atoms. The molecule has 2 rings (SSSR count). The van der Waals surface area contributed by atoms with Crippen LogP contribution in [-0.2, 0) is 4.79 Å². The maximum atomic E-state index is 13.1. The number of anilines is 1. The Kier molecular flexibility index (Phi) is 4.74. The zero-order chi connectivity index (χ0) is 13.7. The van der Waals surface area contributed by atoms with Crippen molar-refractivity contribution in [2.24, 2.45) is 0 Å². The van der Waals surface area contributed by atoms with Crippen LogP contribution in [-0.4, -0.2) is 50.6 Å². The third-order valence-electron chi connectivity index (χ3n) is 3.31. The van der Waals surface area contributed by atoms with Crippen molar-refractivity contribution in [3.05, 3.63) is 30.1 Å². The number of benzene rings is 1. The summed E-state index contributed by atoms with van der Waals surface area (Å²) in [4.78, 5) is 15.8. The molecule has 1 saturated heterocycles. The smallest absolute Gasteiger partial charge is 0.242 e. The van der Waals surface area contributed by atoms with E-state index in [1.165, 1.54) is 12.1 Å². The van der Waals surface area contributed by atoms with E-state index < -0.39 is 0 Å². The van der Waals surface area contributed by atoms with E-state index in [1.54, 1.807) is 17.0 Å². The molecule has 19 heavy (non-hydrogen) atoms. The average Bonchev–Trinajstić information content (AvgIpc) is 2.67. The van der Waals surface area contributed by atoms with Gasteiger partial charge in [0.1, 0.15) is 5.82 Å². The van der Waals surface area contributed by atoms with Gasteiger partial charge in [0.2, 0.25) is 5.91 Å². The van der Waals surface area contributed by atoms with Crippen LogP contribution in [0.4, 0.5) is 10.1 Å². The second kappa shape index (κ2) is 6.52. The van der Waals surface area contributed by atoms with E-state index in [-0.39, 0.29) is 18.3 Å². The minimum atomic E-state index is -0.282. The number of rotatable bonds is 3. The summed E-state index contributed by atoms with van der Waals surface area (Å²) in [7, 11) is 1.81. The SMILES string of the molecule is CN(CC(=O)N1CCCNCC1)c1cccc(F)c1. The molecule has 0 aliphatic carbocycles. The second-order valence-corrected chi connectivity index (χ2v) is 4.82. The van der Waals surface area contributed by atoms with Gasteiger partial charge >= 0.3 is 0 Å². The number of hydrogen-bond acceptors (Lipinski definition) is 3. The highest BCUT2D eigenvalue weighted by molar-refractivity contribution is 5.81. The highest BCUT2D eigenvalue weighted by atomic mass is 19.1.